The highest BCUT2D eigenvalue weighted by atomic mass is 32.2. The van der Waals surface area contributed by atoms with E-state index >= 15 is 0 Å². The SMILES string of the molecule is Cc1cc(C(F)(F)F)cc([Si](OS(=O)(=O)C(F)(F)F)(OS(=O)(=O)C(F)(F)F)c2cc(C)cc(C(F)(F)F)c2)c1. The first kappa shape index (κ1) is 32.8. The predicted molar refractivity (Wildman–Crippen MR) is 110 cm³/mol. The van der Waals surface area contributed by atoms with Gasteiger partial charge < -0.3 is 0 Å². The Hall–Kier alpha value is -2.36. The number of rotatable bonds is 6. The predicted octanol–water partition coefficient (Wildman–Crippen LogP) is 4.63. The van der Waals surface area contributed by atoms with Crippen molar-refractivity contribution in [3.63, 3.8) is 0 Å². The molecule has 2 aromatic carbocycles. The zero-order valence-corrected chi connectivity index (χ0v) is 21.4. The van der Waals surface area contributed by atoms with Gasteiger partial charge in [-0.25, -0.2) is 0 Å². The highest BCUT2D eigenvalue weighted by Gasteiger charge is 2.62. The zero-order chi connectivity index (χ0) is 30.6. The highest BCUT2D eigenvalue weighted by Crippen LogP contribution is 2.36. The molecule has 21 heteroatoms. The van der Waals surface area contributed by atoms with Crippen LogP contribution in [0.15, 0.2) is 36.4 Å². The van der Waals surface area contributed by atoms with Crippen LogP contribution in [-0.4, -0.2) is 36.4 Å². The van der Waals surface area contributed by atoms with E-state index in [2.05, 4.69) is 7.74 Å². The molecule has 0 amide bonds. The Kier molecular flexibility index (Phi) is 8.36. The second kappa shape index (κ2) is 9.92. The normalized spacial score (nSPS) is 14.5. The fourth-order valence-corrected chi connectivity index (χ4v) is 10.0. The molecule has 0 aliphatic rings. The van der Waals surface area contributed by atoms with Crippen molar-refractivity contribution >= 4 is 39.2 Å². The fourth-order valence-electron chi connectivity index (χ4n) is 3.05. The van der Waals surface area contributed by atoms with Crippen molar-refractivity contribution in [2.24, 2.45) is 0 Å². The summed E-state index contributed by atoms with van der Waals surface area (Å²) in [6, 6.07) is 0.552. The van der Waals surface area contributed by atoms with Crippen molar-refractivity contribution in [3.8, 4) is 0 Å². The third-order valence-corrected chi connectivity index (χ3v) is 11.5. The quantitative estimate of drug-likeness (QED) is 0.259. The van der Waals surface area contributed by atoms with Crippen LogP contribution in [0.3, 0.4) is 0 Å². The van der Waals surface area contributed by atoms with Gasteiger partial charge in [-0.15, -0.1) is 0 Å². The summed E-state index contributed by atoms with van der Waals surface area (Å²) in [5, 5.41) is -3.32. The van der Waals surface area contributed by atoms with E-state index in [9.17, 15) is 69.5 Å². The lowest BCUT2D eigenvalue weighted by molar-refractivity contribution is -0.138. The lowest BCUT2D eigenvalue weighted by Gasteiger charge is -2.31. The topological polar surface area (TPSA) is 86.7 Å². The van der Waals surface area contributed by atoms with Gasteiger partial charge in [-0.05, 0) is 38.1 Å². The van der Waals surface area contributed by atoms with Crippen LogP contribution in [0.25, 0.3) is 0 Å². The van der Waals surface area contributed by atoms with E-state index in [4.69, 9.17) is 0 Å². The van der Waals surface area contributed by atoms with E-state index in [-0.39, 0.29) is 36.4 Å². The molecule has 0 aliphatic carbocycles. The molecule has 39 heavy (non-hydrogen) atoms. The third kappa shape index (κ3) is 7.05. The van der Waals surface area contributed by atoms with Gasteiger partial charge in [0.1, 0.15) is 0 Å². The molecule has 2 rings (SSSR count). The highest BCUT2D eigenvalue weighted by molar-refractivity contribution is 7.90. The molecule has 0 bridgehead atoms. The van der Waals surface area contributed by atoms with Crippen LogP contribution in [0, 0.1) is 13.8 Å². The fraction of sp³-hybridized carbons (Fsp3) is 0.333. The number of hydrogen-bond acceptors (Lipinski definition) is 6. The molecule has 6 nitrogen and oxygen atoms in total. The van der Waals surface area contributed by atoms with Crippen LogP contribution < -0.4 is 10.4 Å². The van der Waals surface area contributed by atoms with E-state index in [1.54, 1.807) is 0 Å². The minimum atomic E-state index is -7.25. The Labute approximate surface area is 212 Å². The molecule has 0 atom stereocenters. The second-order valence-electron chi connectivity index (χ2n) is 7.75. The summed E-state index contributed by atoms with van der Waals surface area (Å²) in [5.41, 5.74) is -18.1. The van der Waals surface area contributed by atoms with Gasteiger partial charge in [-0.1, -0.05) is 23.3 Å². The molecule has 0 unspecified atom stereocenters. The Balaban J connectivity index is 3.24. The molecule has 2 aromatic rings. The number of hydrogen-bond donors (Lipinski definition) is 0. The summed E-state index contributed by atoms with van der Waals surface area (Å²) in [6.07, 6.45) is -10.8. The lowest BCUT2D eigenvalue weighted by Crippen LogP contribution is -2.67. The van der Waals surface area contributed by atoms with E-state index in [1.807, 2.05) is 0 Å². The third-order valence-electron chi connectivity index (χ3n) is 4.59. The largest absolute Gasteiger partial charge is 0.522 e. The van der Waals surface area contributed by atoms with Gasteiger partial charge in [-0.3, -0.25) is 7.74 Å². The standard InChI is InChI=1S/C18H12F12O6S2Si/c1-9-3-11(15(19,20)21)7-13(5-9)39(35-37(31,32)17(25,26)27,36-38(33,34)18(28,29)30)14-6-10(2)4-12(8-14)16(22,23)24/h3-8H,1-2H3. The van der Waals surface area contributed by atoms with Crippen LogP contribution in [-0.2, 0) is 40.3 Å². The van der Waals surface area contributed by atoms with Crippen molar-refractivity contribution in [1.82, 2.24) is 0 Å². The van der Waals surface area contributed by atoms with Crippen molar-refractivity contribution in [2.75, 3.05) is 0 Å². The first-order valence-electron chi connectivity index (χ1n) is 9.55. The molecule has 0 saturated heterocycles. The van der Waals surface area contributed by atoms with Gasteiger partial charge in [0.2, 0.25) is 0 Å². The lowest BCUT2D eigenvalue weighted by atomic mass is 10.1. The average molecular weight is 644 g/mol. The summed E-state index contributed by atoms with van der Waals surface area (Å²) in [5.74, 6) is 0. The maximum atomic E-state index is 13.5. The van der Waals surface area contributed by atoms with Gasteiger partial charge in [-0.2, -0.15) is 69.5 Å². The monoisotopic (exact) mass is 644 g/mol. The molecule has 0 N–H and O–H groups in total. The van der Waals surface area contributed by atoms with Crippen molar-refractivity contribution < 1.29 is 77.3 Å². The summed E-state index contributed by atoms with van der Waals surface area (Å²) in [6.45, 7) is 1.57. The number of alkyl halides is 12. The van der Waals surface area contributed by atoms with Crippen LogP contribution in [0.4, 0.5) is 52.7 Å². The molecule has 0 fully saturated rings. The summed E-state index contributed by atoms with van der Waals surface area (Å²) in [7, 11) is -21.4. The Morgan fingerprint density at radius 1 is 0.538 bits per heavy atom. The van der Waals surface area contributed by atoms with Gasteiger partial charge in [0.05, 0.1) is 11.1 Å². The molecular weight excluding hydrogens is 632 g/mol. The van der Waals surface area contributed by atoms with Crippen molar-refractivity contribution in [3.05, 3.63) is 58.7 Å². The smallest absolute Gasteiger partial charge is 0.267 e. The summed E-state index contributed by atoms with van der Waals surface area (Å²) >= 11 is 0. The maximum Gasteiger partial charge on any atom is 0.522 e. The molecular formula is C18H12F12O6S2Si. The van der Waals surface area contributed by atoms with Crippen LogP contribution >= 0.6 is 0 Å². The number of halogens is 12. The molecule has 220 valence electrons. The molecule has 0 aliphatic heterocycles. The summed E-state index contributed by atoms with van der Waals surface area (Å²) in [4.78, 5) is 0. The van der Waals surface area contributed by atoms with E-state index in [1.165, 1.54) is 0 Å². The minimum absolute atomic E-state index is 0.274. The van der Waals surface area contributed by atoms with Crippen molar-refractivity contribution in [2.45, 2.75) is 37.2 Å². The van der Waals surface area contributed by atoms with Gasteiger partial charge in [0.15, 0.2) is 0 Å². The molecule has 0 saturated carbocycles. The molecule has 0 spiro atoms. The first-order chi connectivity index (χ1) is 17.1. The Morgan fingerprint density at radius 2 is 0.821 bits per heavy atom. The van der Waals surface area contributed by atoms with Gasteiger partial charge >= 0.3 is 52.2 Å². The molecule has 0 aromatic heterocycles. The second-order valence-corrected chi connectivity index (χ2v) is 14.2. The van der Waals surface area contributed by atoms with Crippen LogP contribution in [0.1, 0.15) is 22.3 Å². The zero-order valence-electron chi connectivity index (χ0n) is 18.8. The number of aryl methyl sites for hydroxylation is 2. The van der Waals surface area contributed by atoms with Crippen LogP contribution in [0.2, 0.25) is 0 Å². The van der Waals surface area contributed by atoms with Crippen LogP contribution in [0.5, 0.6) is 0 Å². The van der Waals surface area contributed by atoms with E-state index < -0.39 is 84.8 Å². The van der Waals surface area contributed by atoms with Crippen molar-refractivity contribution in [1.29, 1.82) is 0 Å². The van der Waals surface area contributed by atoms with E-state index in [0.29, 0.717) is 0 Å². The maximum absolute atomic E-state index is 13.5. The average Bonchev–Trinajstić information content (AvgIpc) is 2.69. The minimum Gasteiger partial charge on any atom is -0.267 e. The molecule has 0 heterocycles. The van der Waals surface area contributed by atoms with E-state index in [0.717, 1.165) is 13.8 Å². The van der Waals surface area contributed by atoms with Gasteiger partial charge in [0.25, 0.3) is 0 Å². The first-order valence-corrected chi connectivity index (χ1v) is 14.2. The summed E-state index contributed by atoms with van der Waals surface area (Å²) < 4.78 is 216. The van der Waals surface area contributed by atoms with Gasteiger partial charge in [0, 0.05) is 10.4 Å². The molecule has 0 radical (unpaired) electrons. The number of benzene rings is 2. The Bertz CT molecular complexity index is 1350. The Morgan fingerprint density at radius 3 is 1.05 bits per heavy atom.